The highest BCUT2D eigenvalue weighted by Crippen LogP contribution is 2.33. The number of fused-ring (bicyclic) bond motifs is 1. The third-order valence-electron chi connectivity index (χ3n) is 4.27. The predicted molar refractivity (Wildman–Crippen MR) is 106 cm³/mol. The zero-order valence-corrected chi connectivity index (χ0v) is 16.6. The van der Waals surface area contributed by atoms with Gasteiger partial charge in [-0.25, -0.2) is 4.79 Å². The van der Waals surface area contributed by atoms with E-state index in [0.717, 1.165) is 0 Å². The summed E-state index contributed by atoms with van der Waals surface area (Å²) in [6.45, 7) is -0.117. The van der Waals surface area contributed by atoms with Crippen molar-refractivity contribution in [2.75, 3.05) is 18.1 Å². The lowest BCUT2D eigenvalue weighted by Crippen LogP contribution is -2.38. The fourth-order valence-corrected chi connectivity index (χ4v) is 3.63. The maximum atomic E-state index is 12.6. The summed E-state index contributed by atoms with van der Waals surface area (Å²) >= 11 is 17.9. The van der Waals surface area contributed by atoms with E-state index < -0.39 is 23.4 Å². The number of carbonyl (C=O) groups excluding carboxylic acids is 2. The van der Waals surface area contributed by atoms with Gasteiger partial charge in [0, 0.05) is 24.4 Å². The molecular weight excluding hydrogens is 431 g/mol. The maximum Gasteiger partial charge on any atom is 0.341 e. The second-order valence-corrected chi connectivity index (χ2v) is 7.21. The maximum absolute atomic E-state index is 12.6. The summed E-state index contributed by atoms with van der Waals surface area (Å²) in [5, 5.41) is 11.1. The largest absolute Gasteiger partial charge is 0.452 e. The van der Waals surface area contributed by atoms with Gasteiger partial charge in [0.05, 0.1) is 25.6 Å². The normalized spacial score (nSPS) is 13.0. The number of hydrogen-bond donors (Lipinski definition) is 0. The highest BCUT2D eigenvalue weighted by atomic mass is 35.5. The number of nitro groups is 1. The third-order valence-corrected chi connectivity index (χ3v) is 5.39. The molecule has 1 aliphatic heterocycles. The van der Waals surface area contributed by atoms with Crippen molar-refractivity contribution in [1.82, 2.24) is 0 Å². The molecule has 146 valence electrons. The first-order chi connectivity index (χ1) is 13.3. The van der Waals surface area contributed by atoms with Crippen LogP contribution < -0.4 is 4.90 Å². The quantitative estimate of drug-likeness (QED) is 0.296. The Balaban J connectivity index is 1.74. The van der Waals surface area contributed by atoms with E-state index in [2.05, 4.69) is 0 Å². The number of halogens is 3. The molecule has 3 rings (SSSR count). The average Bonchev–Trinajstić information content (AvgIpc) is 2.68. The lowest BCUT2D eigenvalue weighted by Gasteiger charge is -2.29. The number of anilines is 1. The second-order valence-electron chi connectivity index (χ2n) is 6.01. The van der Waals surface area contributed by atoms with Gasteiger partial charge in [-0.2, -0.15) is 0 Å². The van der Waals surface area contributed by atoms with Crippen LogP contribution in [0.15, 0.2) is 30.3 Å². The fraction of sp³-hybridized carbons (Fsp3) is 0.222. The van der Waals surface area contributed by atoms with Crippen molar-refractivity contribution in [3.05, 3.63) is 66.6 Å². The molecule has 0 aromatic heterocycles. The van der Waals surface area contributed by atoms with Crippen LogP contribution in [0.1, 0.15) is 22.3 Å². The number of carbonyl (C=O) groups is 2. The summed E-state index contributed by atoms with van der Waals surface area (Å²) in [6, 6.07) is 7.16. The van der Waals surface area contributed by atoms with E-state index in [1.165, 1.54) is 35.2 Å². The molecule has 0 atom stereocenters. The number of nitrogens with zero attached hydrogens (tertiary/aromatic N) is 2. The first-order valence-electron chi connectivity index (χ1n) is 8.18. The highest BCUT2D eigenvalue weighted by molar-refractivity contribution is 6.46. The fourth-order valence-electron chi connectivity index (χ4n) is 2.95. The van der Waals surface area contributed by atoms with Crippen LogP contribution >= 0.6 is 34.8 Å². The molecule has 7 nitrogen and oxygen atoms in total. The Morgan fingerprint density at radius 3 is 2.57 bits per heavy atom. The number of nitro benzene ring substituents is 1. The monoisotopic (exact) mass is 442 g/mol. The van der Waals surface area contributed by atoms with Crippen molar-refractivity contribution >= 4 is 58.1 Å². The van der Waals surface area contributed by atoms with E-state index in [0.29, 0.717) is 30.6 Å². The summed E-state index contributed by atoms with van der Waals surface area (Å²) in [6.07, 6.45) is 1.26. The van der Waals surface area contributed by atoms with E-state index in [1.807, 2.05) is 0 Å². The van der Waals surface area contributed by atoms with Gasteiger partial charge in [-0.05, 0) is 36.6 Å². The van der Waals surface area contributed by atoms with Crippen LogP contribution in [0.3, 0.4) is 0 Å². The van der Waals surface area contributed by atoms with Gasteiger partial charge in [0.1, 0.15) is 0 Å². The molecule has 1 amide bonds. The van der Waals surface area contributed by atoms with E-state index in [-0.39, 0.29) is 26.3 Å². The van der Waals surface area contributed by atoms with Gasteiger partial charge in [-0.1, -0.05) is 34.8 Å². The molecule has 0 fully saturated rings. The standard InChI is InChI=1S/C18H13Cl3N2O5/c19-12-4-5-13(20)17(21)16(12)18(25)28-9-15(24)22-7-1-2-10-8-11(23(26)27)3-6-14(10)22/h3-6,8H,1-2,7,9H2. The van der Waals surface area contributed by atoms with E-state index in [1.54, 1.807) is 0 Å². The molecule has 1 aliphatic rings. The van der Waals surface area contributed by atoms with Gasteiger partial charge < -0.3 is 9.64 Å². The molecule has 10 heteroatoms. The van der Waals surface area contributed by atoms with Crippen LogP contribution in [-0.4, -0.2) is 30.0 Å². The zero-order chi connectivity index (χ0) is 20.4. The predicted octanol–water partition coefficient (Wildman–Crippen LogP) is 4.69. The van der Waals surface area contributed by atoms with E-state index in [9.17, 15) is 19.7 Å². The number of rotatable bonds is 4. The zero-order valence-electron chi connectivity index (χ0n) is 14.3. The summed E-state index contributed by atoms with van der Waals surface area (Å²) in [4.78, 5) is 36.8. The molecule has 0 saturated carbocycles. The summed E-state index contributed by atoms with van der Waals surface area (Å²) in [5.74, 6) is -1.33. The average molecular weight is 444 g/mol. The van der Waals surface area contributed by atoms with Crippen LogP contribution in [0.2, 0.25) is 15.1 Å². The topological polar surface area (TPSA) is 89.8 Å². The van der Waals surface area contributed by atoms with Crippen LogP contribution in [0, 0.1) is 10.1 Å². The highest BCUT2D eigenvalue weighted by Gasteiger charge is 2.26. The second kappa shape index (κ2) is 8.34. The molecule has 0 N–H and O–H groups in total. The summed E-state index contributed by atoms with van der Waals surface area (Å²) in [7, 11) is 0. The molecule has 0 aliphatic carbocycles. The SMILES string of the molecule is O=C(OCC(=O)N1CCCc2cc([N+](=O)[O-])ccc21)c1c(Cl)ccc(Cl)c1Cl. The molecule has 1 heterocycles. The Kier molecular flexibility index (Phi) is 6.07. The van der Waals surface area contributed by atoms with Gasteiger partial charge in [0.2, 0.25) is 0 Å². The molecule has 0 spiro atoms. The van der Waals surface area contributed by atoms with Crippen molar-refractivity contribution in [1.29, 1.82) is 0 Å². The number of aryl methyl sites for hydroxylation is 1. The molecule has 0 radical (unpaired) electrons. The van der Waals surface area contributed by atoms with Crippen LogP contribution in [-0.2, 0) is 16.0 Å². The Morgan fingerprint density at radius 2 is 1.86 bits per heavy atom. The number of hydrogen-bond acceptors (Lipinski definition) is 5. The van der Waals surface area contributed by atoms with Crippen LogP contribution in [0.25, 0.3) is 0 Å². The van der Waals surface area contributed by atoms with E-state index in [4.69, 9.17) is 39.5 Å². The molecule has 2 aromatic rings. The van der Waals surface area contributed by atoms with Crippen molar-refractivity contribution < 1.29 is 19.2 Å². The number of esters is 1. The Morgan fingerprint density at radius 1 is 1.14 bits per heavy atom. The molecule has 2 aromatic carbocycles. The van der Waals surface area contributed by atoms with Crippen molar-refractivity contribution in [2.24, 2.45) is 0 Å². The van der Waals surface area contributed by atoms with Crippen LogP contribution in [0.5, 0.6) is 0 Å². The van der Waals surface area contributed by atoms with Gasteiger partial charge in [0.15, 0.2) is 6.61 Å². The van der Waals surface area contributed by atoms with Crippen molar-refractivity contribution in [2.45, 2.75) is 12.8 Å². The van der Waals surface area contributed by atoms with Gasteiger partial charge in [-0.15, -0.1) is 0 Å². The van der Waals surface area contributed by atoms with E-state index >= 15 is 0 Å². The van der Waals surface area contributed by atoms with Gasteiger partial charge in [-0.3, -0.25) is 14.9 Å². The summed E-state index contributed by atoms with van der Waals surface area (Å²) < 4.78 is 5.07. The van der Waals surface area contributed by atoms with Gasteiger partial charge in [0.25, 0.3) is 11.6 Å². The number of amides is 1. The van der Waals surface area contributed by atoms with Crippen LogP contribution in [0.4, 0.5) is 11.4 Å². The minimum Gasteiger partial charge on any atom is -0.452 e. The Bertz CT molecular complexity index is 980. The molecule has 28 heavy (non-hydrogen) atoms. The first kappa shape index (κ1) is 20.4. The number of benzene rings is 2. The van der Waals surface area contributed by atoms with Crippen molar-refractivity contribution in [3.63, 3.8) is 0 Å². The number of ether oxygens (including phenoxy) is 1. The lowest BCUT2D eigenvalue weighted by atomic mass is 10.0. The van der Waals surface area contributed by atoms with Crippen molar-refractivity contribution in [3.8, 4) is 0 Å². The smallest absolute Gasteiger partial charge is 0.341 e. The lowest BCUT2D eigenvalue weighted by molar-refractivity contribution is -0.384. The third kappa shape index (κ3) is 4.06. The Labute approximate surface area is 174 Å². The Hall–Kier alpha value is -2.35. The first-order valence-corrected chi connectivity index (χ1v) is 9.31. The number of non-ortho nitro benzene ring substituents is 1. The van der Waals surface area contributed by atoms with Gasteiger partial charge >= 0.3 is 5.97 Å². The summed E-state index contributed by atoms with van der Waals surface area (Å²) in [5.41, 5.74) is 1.11. The molecular formula is C18H13Cl3N2O5. The minimum absolute atomic E-state index is 0.0373. The molecule has 0 unspecified atom stereocenters. The molecule has 0 bridgehead atoms. The molecule has 0 saturated heterocycles. The minimum atomic E-state index is -0.869.